The molecule has 0 aromatic carbocycles. The molecule has 29 heavy (non-hydrogen) atoms. The van der Waals surface area contributed by atoms with Gasteiger partial charge in [-0.3, -0.25) is 4.90 Å². The van der Waals surface area contributed by atoms with Crippen LogP contribution in [-0.2, 0) is 0 Å². The molecule has 7 heteroatoms. The maximum Gasteiger partial charge on any atom is 0.168 e. The van der Waals surface area contributed by atoms with E-state index in [1.807, 2.05) is 29.9 Å². The summed E-state index contributed by atoms with van der Waals surface area (Å²) >= 11 is 0. The van der Waals surface area contributed by atoms with Crippen molar-refractivity contribution in [2.75, 3.05) is 18.0 Å². The summed E-state index contributed by atoms with van der Waals surface area (Å²) in [4.78, 5) is 5.27. The molecule has 0 radical (unpaired) electrons. The number of aryl methyl sites for hydroxylation is 1. The van der Waals surface area contributed by atoms with Crippen molar-refractivity contribution in [1.29, 1.82) is 5.26 Å². The van der Waals surface area contributed by atoms with Crippen LogP contribution in [0.25, 0.3) is 16.8 Å². The number of nitrogens with zero attached hydrogens (tertiary/aromatic N) is 6. The van der Waals surface area contributed by atoms with E-state index in [0.29, 0.717) is 18.1 Å². The number of aromatic nitrogens is 3. The van der Waals surface area contributed by atoms with Crippen LogP contribution in [0, 0.1) is 24.2 Å². The molecule has 0 amide bonds. The van der Waals surface area contributed by atoms with E-state index in [1.165, 1.54) is 18.5 Å². The summed E-state index contributed by atoms with van der Waals surface area (Å²) in [7, 11) is 0. The highest BCUT2D eigenvalue weighted by Crippen LogP contribution is 2.42. The minimum absolute atomic E-state index is 0.274. The molecule has 3 aromatic rings. The summed E-state index contributed by atoms with van der Waals surface area (Å²) in [6.07, 6.45) is 8.54. The van der Waals surface area contributed by atoms with E-state index in [-0.39, 0.29) is 5.92 Å². The molecule has 1 saturated carbocycles. The van der Waals surface area contributed by atoms with Gasteiger partial charge < -0.3 is 9.42 Å². The molecule has 2 saturated heterocycles. The quantitative estimate of drug-likeness (QED) is 0.686. The first-order chi connectivity index (χ1) is 14.2. The molecule has 0 unspecified atom stereocenters. The number of nitriles is 1. The van der Waals surface area contributed by atoms with Crippen molar-refractivity contribution in [2.45, 2.75) is 50.7 Å². The molecule has 3 aromatic heterocycles. The Morgan fingerprint density at radius 3 is 2.62 bits per heavy atom. The molecule has 148 valence electrons. The Balaban J connectivity index is 1.28. The summed E-state index contributed by atoms with van der Waals surface area (Å²) in [6, 6.07) is 10.5. The highest BCUT2D eigenvalue weighted by molar-refractivity contribution is 5.78. The van der Waals surface area contributed by atoms with Crippen molar-refractivity contribution in [1.82, 2.24) is 19.7 Å². The van der Waals surface area contributed by atoms with Crippen LogP contribution in [0.1, 0.15) is 31.4 Å². The molecule has 2 aliphatic heterocycles. The lowest BCUT2D eigenvalue weighted by atomic mass is 9.79. The largest absolute Gasteiger partial charge is 0.367 e. The normalized spacial score (nSPS) is 29.2. The van der Waals surface area contributed by atoms with Gasteiger partial charge in [-0.25, -0.2) is 4.52 Å². The summed E-state index contributed by atoms with van der Waals surface area (Å²) < 4.78 is 7.40. The van der Waals surface area contributed by atoms with Gasteiger partial charge in [0.05, 0.1) is 23.0 Å². The first-order valence-electron chi connectivity index (χ1n) is 10.5. The maximum absolute atomic E-state index is 9.13. The van der Waals surface area contributed by atoms with Gasteiger partial charge in [-0.05, 0) is 44.7 Å². The van der Waals surface area contributed by atoms with Crippen molar-refractivity contribution in [3.8, 4) is 17.4 Å². The Bertz CT molecular complexity index is 1090. The highest BCUT2D eigenvalue weighted by Gasteiger charge is 2.47. The van der Waals surface area contributed by atoms with E-state index in [2.05, 4.69) is 38.3 Å². The molecule has 3 aliphatic rings. The predicted octanol–water partition coefficient (Wildman–Crippen LogP) is 3.25. The van der Waals surface area contributed by atoms with E-state index in [4.69, 9.17) is 9.78 Å². The van der Waals surface area contributed by atoms with E-state index in [9.17, 15) is 0 Å². The Hall–Kier alpha value is -2.85. The number of hydrogen-bond donors (Lipinski definition) is 0. The predicted molar refractivity (Wildman–Crippen MR) is 108 cm³/mol. The van der Waals surface area contributed by atoms with Crippen molar-refractivity contribution in [2.24, 2.45) is 5.92 Å². The van der Waals surface area contributed by atoms with Crippen molar-refractivity contribution < 1.29 is 4.52 Å². The highest BCUT2D eigenvalue weighted by atomic mass is 16.5. The zero-order valence-corrected chi connectivity index (χ0v) is 16.5. The second-order valence-electron chi connectivity index (χ2n) is 8.80. The number of anilines is 1. The first-order valence-corrected chi connectivity index (χ1v) is 10.5. The van der Waals surface area contributed by atoms with E-state index < -0.39 is 0 Å². The molecule has 0 spiro atoms. The van der Waals surface area contributed by atoms with Crippen LogP contribution in [0.5, 0.6) is 0 Å². The molecule has 0 N–H and O–H groups in total. The average molecular weight is 388 g/mol. The lowest BCUT2D eigenvalue weighted by Crippen LogP contribution is -2.60. The summed E-state index contributed by atoms with van der Waals surface area (Å²) in [6.45, 7) is 4.03. The van der Waals surface area contributed by atoms with Gasteiger partial charge in [0.2, 0.25) is 0 Å². The molecular formula is C22H24N6O. The molecule has 1 aliphatic carbocycles. The van der Waals surface area contributed by atoms with Crippen LogP contribution in [0.2, 0.25) is 0 Å². The van der Waals surface area contributed by atoms with Gasteiger partial charge in [0.1, 0.15) is 0 Å². The lowest BCUT2D eigenvalue weighted by Gasteiger charge is -2.49. The third-order valence-electron chi connectivity index (χ3n) is 7.00. The number of rotatable bonds is 3. The van der Waals surface area contributed by atoms with Crippen LogP contribution < -0.4 is 4.90 Å². The number of fused-ring (bicyclic) bond motifs is 3. The number of hydrogen-bond acceptors (Lipinski definition) is 6. The van der Waals surface area contributed by atoms with E-state index in [1.54, 1.807) is 0 Å². The minimum Gasteiger partial charge on any atom is -0.367 e. The summed E-state index contributed by atoms with van der Waals surface area (Å²) in [5, 5.41) is 17.7. The number of piperazine rings is 1. The van der Waals surface area contributed by atoms with Gasteiger partial charge >= 0.3 is 0 Å². The first kappa shape index (κ1) is 17.0. The van der Waals surface area contributed by atoms with Crippen LogP contribution in [-0.4, -0.2) is 50.9 Å². The molecule has 6 rings (SSSR count). The van der Waals surface area contributed by atoms with Crippen molar-refractivity contribution in [3.63, 3.8) is 0 Å². The minimum atomic E-state index is 0.274. The summed E-state index contributed by atoms with van der Waals surface area (Å²) in [5.74, 6) is 1.05. The average Bonchev–Trinajstić information content (AvgIpc) is 3.37. The molecule has 7 nitrogen and oxygen atoms in total. The molecule has 2 atom stereocenters. The Morgan fingerprint density at radius 2 is 1.93 bits per heavy atom. The van der Waals surface area contributed by atoms with Gasteiger partial charge in [0, 0.05) is 61.2 Å². The molecule has 5 heterocycles. The van der Waals surface area contributed by atoms with E-state index in [0.717, 1.165) is 48.5 Å². The second kappa shape index (κ2) is 6.33. The van der Waals surface area contributed by atoms with Gasteiger partial charge in [-0.15, -0.1) is 0 Å². The van der Waals surface area contributed by atoms with Gasteiger partial charge in [0.15, 0.2) is 5.76 Å². The third-order valence-corrected chi connectivity index (χ3v) is 7.00. The fourth-order valence-electron chi connectivity index (χ4n) is 5.57. The second-order valence-corrected chi connectivity index (χ2v) is 8.80. The monoisotopic (exact) mass is 388 g/mol. The smallest absolute Gasteiger partial charge is 0.168 e. The molecule has 2 bridgehead atoms. The fourth-order valence-corrected chi connectivity index (χ4v) is 5.57. The summed E-state index contributed by atoms with van der Waals surface area (Å²) in [5.41, 5.74) is 4.23. The Kier molecular flexibility index (Phi) is 3.72. The molecule has 3 fully saturated rings. The van der Waals surface area contributed by atoms with Crippen LogP contribution >= 0.6 is 0 Å². The van der Waals surface area contributed by atoms with Gasteiger partial charge in [-0.1, -0.05) is 5.16 Å². The topological polar surface area (TPSA) is 73.6 Å². The zero-order valence-electron chi connectivity index (χ0n) is 16.5. The van der Waals surface area contributed by atoms with E-state index >= 15 is 0 Å². The zero-order chi connectivity index (χ0) is 19.5. The van der Waals surface area contributed by atoms with Gasteiger partial charge in [0.25, 0.3) is 0 Å². The lowest BCUT2D eigenvalue weighted by molar-refractivity contribution is 0.0439. The Morgan fingerprint density at radius 1 is 1.14 bits per heavy atom. The Labute approximate surface area is 169 Å². The van der Waals surface area contributed by atoms with Crippen LogP contribution in [0.4, 0.5) is 5.69 Å². The van der Waals surface area contributed by atoms with Crippen LogP contribution in [0.3, 0.4) is 0 Å². The third kappa shape index (κ3) is 2.66. The fraction of sp³-hybridized carbons (Fsp3) is 0.500. The van der Waals surface area contributed by atoms with Crippen molar-refractivity contribution >= 4 is 11.2 Å². The van der Waals surface area contributed by atoms with Crippen LogP contribution in [0.15, 0.2) is 35.1 Å². The van der Waals surface area contributed by atoms with Crippen molar-refractivity contribution in [3.05, 3.63) is 36.3 Å². The van der Waals surface area contributed by atoms with Gasteiger partial charge in [-0.2, -0.15) is 10.4 Å². The maximum atomic E-state index is 9.13. The SMILES string of the molecule is Cc1cc(-c2cc3c(N4C[C@@H]5CC[C@@H](C4)N5C4CC(C#N)C4)ccnn3c2)on1. The standard InChI is InChI=1S/C22H24N6O/c1-14-6-22(29-25-14)16-9-21-20(4-5-24-27(21)11-16)26-12-17-2-3-18(13-26)28(17)19-7-15(8-19)10-23/h4-6,9,11,15,17-19H,2-3,7-8,12-13H2,1H3/t15?,17-,18-,19?/m0/s1. The molecular weight excluding hydrogens is 364 g/mol.